The number of benzene rings is 1. The molecule has 0 saturated heterocycles. The molecule has 0 heterocycles. The van der Waals surface area contributed by atoms with Crippen LogP contribution in [0.25, 0.3) is 0 Å². The second kappa shape index (κ2) is 6.18. The van der Waals surface area contributed by atoms with Crippen molar-refractivity contribution >= 4 is 27.6 Å². The van der Waals surface area contributed by atoms with Crippen molar-refractivity contribution in [3.63, 3.8) is 0 Å². The molecular formula is C10H9ClF3NO5S. The van der Waals surface area contributed by atoms with E-state index < -0.39 is 45.3 Å². The molecule has 0 aromatic heterocycles. The fraction of sp³-hybridized carbons (Fsp3) is 0.300. The highest BCUT2D eigenvalue weighted by molar-refractivity contribution is 7.89. The zero-order chi connectivity index (χ0) is 16.4. The Labute approximate surface area is 122 Å². The van der Waals surface area contributed by atoms with Gasteiger partial charge in [-0.1, -0.05) is 11.6 Å². The standard InChI is InChI=1S/C10H9ClF3NO5S/c11-6-2-1-5(9(17)18)3-7(6)21(19,20)15-4-8(16)10(12,13)14/h1-3,8,15-16H,4H2,(H,17,18). The maximum absolute atomic E-state index is 12.1. The van der Waals surface area contributed by atoms with Gasteiger partial charge in [-0.2, -0.15) is 13.2 Å². The molecule has 0 spiro atoms. The monoisotopic (exact) mass is 347 g/mol. The molecule has 11 heteroatoms. The van der Waals surface area contributed by atoms with Crippen LogP contribution in [0.2, 0.25) is 5.02 Å². The van der Waals surface area contributed by atoms with Crippen LogP contribution in [0.15, 0.2) is 23.1 Å². The second-order valence-electron chi connectivity index (χ2n) is 3.86. The molecule has 1 unspecified atom stereocenters. The number of alkyl halides is 3. The molecule has 1 aromatic rings. The Kier molecular flexibility index (Phi) is 5.20. The van der Waals surface area contributed by atoms with Crippen molar-refractivity contribution in [2.75, 3.05) is 6.54 Å². The van der Waals surface area contributed by atoms with Crippen molar-refractivity contribution in [2.24, 2.45) is 0 Å². The summed E-state index contributed by atoms with van der Waals surface area (Å²) < 4.78 is 61.4. The van der Waals surface area contributed by atoms with Gasteiger partial charge in [-0.15, -0.1) is 0 Å². The van der Waals surface area contributed by atoms with Gasteiger partial charge >= 0.3 is 12.1 Å². The Bertz CT molecular complexity index is 647. The first-order chi connectivity index (χ1) is 9.45. The van der Waals surface area contributed by atoms with E-state index in [2.05, 4.69) is 0 Å². The van der Waals surface area contributed by atoms with Crippen LogP contribution in [0.4, 0.5) is 13.2 Å². The molecule has 0 fully saturated rings. The largest absolute Gasteiger partial charge is 0.478 e. The number of nitrogens with one attached hydrogen (secondary N) is 1. The molecule has 0 aliphatic rings. The molecule has 1 rings (SSSR count). The van der Waals surface area contributed by atoms with Gasteiger partial charge in [-0.3, -0.25) is 0 Å². The number of carbonyl (C=O) groups is 1. The molecule has 6 nitrogen and oxygen atoms in total. The maximum Gasteiger partial charge on any atom is 0.415 e. The summed E-state index contributed by atoms with van der Waals surface area (Å²) in [6, 6.07) is 2.72. The minimum absolute atomic E-state index is 0.367. The van der Waals surface area contributed by atoms with Crippen molar-refractivity contribution < 1.29 is 36.6 Å². The molecule has 0 radical (unpaired) electrons. The van der Waals surface area contributed by atoms with E-state index >= 15 is 0 Å². The summed E-state index contributed by atoms with van der Waals surface area (Å²) in [5.41, 5.74) is -0.406. The van der Waals surface area contributed by atoms with Gasteiger partial charge in [0.05, 0.1) is 10.6 Å². The average Bonchev–Trinajstić information content (AvgIpc) is 2.34. The van der Waals surface area contributed by atoms with Gasteiger partial charge in [0, 0.05) is 6.54 Å². The predicted octanol–water partition coefficient (Wildman–Crippen LogP) is 1.24. The molecule has 118 valence electrons. The lowest BCUT2D eigenvalue weighted by Gasteiger charge is -2.15. The molecule has 1 aromatic carbocycles. The van der Waals surface area contributed by atoms with Crippen LogP contribution in [0.5, 0.6) is 0 Å². The fourth-order valence-electron chi connectivity index (χ4n) is 1.22. The van der Waals surface area contributed by atoms with Crippen molar-refractivity contribution in [3.8, 4) is 0 Å². The average molecular weight is 348 g/mol. The van der Waals surface area contributed by atoms with Gasteiger partial charge in [0.15, 0.2) is 6.10 Å². The van der Waals surface area contributed by atoms with Crippen LogP contribution < -0.4 is 4.72 Å². The number of sulfonamides is 1. The molecule has 0 aliphatic heterocycles. The predicted molar refractivity (Wildman–Crippen MR) is 65.7 cm³/mol. The Hall–Kier alpha value is -1.36. The molecule has 21 heavy (non-hydrogen) atoms. The van der Waals surface area contributed by atoms with E-state index in [-0.39, 0.29) is 5.02 Å². The number of halogens is 4. The third-order valence-electron chi connectivity index (χ3n) is 2.31. The Morgan fingerprint density at radius 1 is 1.38 bits per heavy atom. The van der Waals surface area contributed by atoms with E-state index in [9.17, 15) is 26.4 Å². The topological polar surface area (TPSA) is 104 Å². The molecule has 1 atom stereocenters. The first kappa shape index (κ1) is 17.7. The lowest BCUT2D eigenvalue weighted by molar-refractivity contribution is -0.200. The van der Waals surface area contributed by atoms with E-state index in [0.717, 1.165) is 12.1 Å². The highest BCUT2D eigenvalue weighted by Crippen LogP contribution is 2.24. The molecule has 0 amide bonds. The minimum Gasteiger partial charge on any atom is -0.478 e. The second-order valence-corrected chi connectivity index (χ2v) is 6.00. The van der Waals surface area contributed by atoms with Gasteiger partial charge in [-0.25, -0.2) is 17.9 Å². The van der Waals surface area contributed by atoms with E-state index in [1.165, 1.54) is 4.72 Å². The Morgan fingerprint density at radius 2 is 1.95 bits per heavy atom. The minimum atomic E-state index is -4.99. The zero-order valence-corrected chi connectivity index (χ0v) is 11.6. The number of hydrogen-bond acceptors (Lipinski definition) is 4. The Balaban J connectivity index is 3.03. The first-order valence-corrected chi connectivity index (χ1v) is 7.08. The van der Waals surface area contributed by atoms with Crippen LogP contribution in [-0.2, 0) is 10.0 Å². The number of rotatable bonds is 5. The van der Waals surface area contributed by atoms with E-state index in [1.807, 2.05) is 0 Å². The summed E-state index contributed by atoms with van der Waals surface area (Å²) in [6.45, 7) is -1.32. The Morgan fingerprint density at radius 3 is 2.43 bits per heavy atom. The summed E-state index contributed by atoms with van der Waals surface area (Å²) in [6.07, 6.45) is -7.89. The van der Waals surface area contributed by atoms with Gasteiger partial charge < -0.3 is 10.2 Å². The van der Waals surface area contributed by atoms with Gasteiger partial charge in [-0.05, 0) is 18.2 Å². The summed E-state index contributed by atoms with van der Waals surface area (Å²) in [5, 5.41) is 17.1. The van der Waals surface area contributed by atoms with Crippen molar-refractivity contribution in [1.29, 1.82) is 0 Å². The molecule has 0 saturated carbocycles. The first-order valence-electron chi connectivity index (χ1n) is 5.22. The quantitative estimate of drug-likeness (QED) is 0.743. The SMILES string of the molecule is O=C(O)c1ccc(Cl)c(S(=O)(=O)NCC(O)C(F)(F)F)c1. The highest BCUT2D eigenvalue weighted by atomic mass is 35.5. The third kappa shape index (κ3) is 4.56. The number of carboxylic acid groups (broad SMARTS) is 1. The maximum atomic E-state index is 12.1. The van der Waals surface area contributed by atoms with Gasteiger partial charge in [0.2, 0.25) is 10.0 Å². The van der Waals surface area contributed by atoms with Crippen molar-refractivity contribution in [1.82, 2.24) is 4.72 Å². The van der Waals surface area contributed by atoms with Crippen LogP contribution in [0.1, 0.15) is 10.4 Å². The summed E-state index contributed by atoms with van der Waals surface area (Å²) in [4.78, 5) is 10.0. The van der Waals surface area contributed by atoms with Crippen LogP contribution >= 0.6 is 11.6 Å². The lowest BCUT2D eigenvalue weighted by Crippen LogP contribution is -2.40. The van der Waals surface area contributed by atoms with Crippen LogP contribution in [-0.4, -0.2) is 43.4 Å². The lowest BCUT2D eigenvalue weighted by atomic mass is 10.2. The number of hydrogen-bond donors (Lipinski definition) is 3. The fourth-order valence-corrected chi connectivity index (χ4v) is 2.79. The van der Waals surface area contributed by atoms with Crippen LogP contribution in [0, 0.1) is 0 Å². The number of aromatic carboxylic acids is 1. The van der Waals surface area contributed by atoms with Gasteiger partial charge in [0.25, 0.3) is 0 Å². The molecule has 3 N–H and O–H groups in total. The summed E-state index contributed by atoms with van der Waals surface area (Å²) >= 11 is 5.59. The van der Waals surface area contributed by atoms with E-state index in [1.54, 1.807) is 0 Å². The van der Waals surface area contributed by atoms with Crippen LogP contribution in [0.3, 0.4) is 0 Å². The smallest absolute Gasteiger partial charge is 0.415 e. The zero-order valence-electron chi connectivity index (χ0n) is 10.1. The van der Waals surface area contributed by atoms with Crippen molar-refractivity contribution in [3.05, 3.63) is 28.8 Å². The van der Waals surface area contributed by atoms with E-state index in [0.29, 0.717) is 6.07 Å². The highest BCUT2D eigenvalue weighted by Gasteiger charge is 2.38. The molecular weight excluding hydrogens is 339 g/mol. The third-order valence-corrected chi connectivity index (χ3v) is 4.22. The molecule has 0 aliphatic carbocycles. The van der Waals surface area contributed by atoms with Crippen molar-refractivity contribution in [2.45, 2.75) is 17.2 Å². The summed E-state index contributed by atoms with van der Waals surface area (Å²) in [5.74, 6) is -1.43. The normalized spacial score (nSPS) is 14.0. The van der Waals surface area contributed by atoms with E-state index in [4.69, 9.17) is 21.8 Å². The number of aliphatic hydroxyl groups excluding tert-OH is 1. The number of carboxylic acids is 1. The number of aliphatic hydroxyl groups is 1. The summed E-state index contributed by atoms with van der Waals surface area (Å²) in [7, 11) is -4.51. The van der Waals surface area contributed by atoms with Gasteiger partial charge in [0.1, 0.15) is 4.90 Å². The molecule has 0 bridgehead atoms.